The Morgan fingerprint density at radius 3 is 2.36 bits per heavy atom. The van der Waals surface area contributed by atoms with E-state index in [4.69, 9.17) is 0 Å². The molecule has 0 radical (unpaired) electrons. The van der Waals surface area contributed by atoms with Crippen LogP contribution in [-0.2, 0) is 13.6 Å². The van der Waals surface area contributed by atoms with Crippen LogP contribution in [0.1, 0.15) is 51.0 Å². The quantitative estimate of drug-likeness (QED) is 0.850. The summed E-state index contributed by atoms with van der Waals surface area (Å²) < 4.78 is 3.51. The van der Waals surface area contributed by atoms with Gasteiger partial charge >= 0.3 is 11.4 Å². The molecule has 0 aliphatic heterocycles. The first-order chi connectivity index (χ1) is 12.0. The summed E-state index contributed by atoms with van der Waals surface area (Å²) in [5.41, 5.74) is -2.26. The lowest BCUT2D eigenvalue weighted by molar-refractivity contribution is 0.297. The number of aromatic nitrogens is 4. The van der Waals surface area contributed by atoms with Gasteiger partial charge in [0.15, 0.2) is 0 Å². The van der Waals surface area contributed by atoms with Gasteiger partial charge in [-0.1, -0.05) is 12.8 Å². The minimum Gasteiger partial charge on any atom is -0.301 e. The first-order valence-corrected chi connectivity index (χ1v) is 8.97. The van der Waals surface area contributed by atoms with E-state index in [0.717, 1.165) is 42.6 Å². The van der Waals surface area contributed by atoms with Crippen LogP contribution in [-0.4, -0.2) is 18.7 Å². The maximum absolute atomic E-state index is 13.0. The molecule has 0 atom stereocenters. The van der Waals surface area contributed by atoms with E-state index < -0.39 is 22.5 Å². The molecule has 4 rings (SSSR count). The molecule has 2 aromatic rings. The molecule has 25 heavy (non-hydrogen) atoms. The van der Waals surface area contributed by atoms with Crippen LogP contribution in [0.15, 0.2) is 19.2 Å². The zero-order valence-corrected chi connectivity index (χ0v) is 14.3. The first-order valence-electron chi connectivity index (χ1n) is 8.97. The largest absolute Gasteiger partial charge is 0.331 e. The molecular formula is C17H22N4O4. The number of fused-ring (bicyclic) bond motifs is 1. The number of hydrogen-bond acceptors (Lipinski definition) is 4. The van der Waals surface area contributed by atoms with Gasteiger partial charge in [-0.2, -0.15) is 0 Å². The third-order valence-electron chi connectivity index (χ3n) is 5.55. The van der Waals surface area contributed by atoms with Gasteiger partial charge in [-0.25, -0.2) is 9.59 Å². The highest BCUT2D eigenvalue weighted by molar-refractivity contribution is 5.72. The Morgan fingerprint density at radius 2 is 1.76 bits per heavy atom. The molecule has 0 unspecified atom stereocenters. The van der Waals surface area contributed by atoms with Crippen molar-refractivity contribution < 1.29 is 0 Å². The van der Waals surface area contributed by atoms with E-state index in [1.165, 1.54) is 29.0 Å². The van der Waals surface area contributed by atoms with Crippen molar-refractivity contribution in [1.82, 2.24) is 18.7 Å². The summed E-state index contributed by atoms with van der Waals surface area (Å²) >= 11 is 0. The normalized spacial score (nSPS) is 17.8. The van der Waals surface area contributed by atoms with Gasteiger partial charge in [-0.3, -0.25) is 23.3 Å². The second kappa shape index (κ2) is 5.86. The van der Waals surface area contributed by atoms with Crippen LogP contribution in [0.4, 0.5) is 0 Å². The van der Waals surface area contributed by atoms with E-state index in [1.54, 1.807) is 0 Å². The molecule has 2 saturated carbocycles. The summed E-state index contributed by atoms with van der Waals surface area (Å²) in [6.45, 7) is 0.381. The average molecular weight is 346 g/mol. The van der Waals surface area contributed by atoms with Gasteiger partial charge in [0.25, 0.3) is 11.1 Å². The summed E-state index contributed by atoms with van der Waals surface area (Å²) in [5, 5.41) is 0. The molecule has 2 fully saturated rings. The molecule has 0 spiro atoms. The maximum Gasteiger partial charge on any atom is 0.331 e. The van der Waals surface area contributed by atoms with Crippen molar-refractivity contribution in [2.75, 3.05) is 0 Å². The van der Waals surface area contributed by atoms with Gasteiger partial charge in [0.2, 0.25) is 0 Å². The summed E-state index contributed by atoms with van der Waals surface area (Å²) in [6.07, 6.45) is 6.75. The third-order valence-corrected chi connectivity index (χ3v) is 5.55. The van der Waals surface area contributed by atoms with Crippen LogP contribution in [0.25, 0.3) is 11.0 Å². The van der Waals surface area contributed by atoms with E-state index >= 15 is 0 Å². The molecular weight excluding hydrogens is 324 g/mol. The van der Waals surface area contributed by atoms with Crippen molar-refractivity contribution in [2.45, 2.75) is 57.5 Å². The van der Waals surface area contributed by atoms with E-state index in [-0.39, 0.29) is 17.1 Å². The minimum atomic E-state index is -0.631. The number of hydrogen-bond donors (Lipinski definition) is 1. The molecule has 1 N–H and O–H groups in total. The second-order valence-corrected chi connectivity index (χ2v) is 7.30. The fourth-order valence-corrected chi connectivity index (χ4v) is 3.60. The van der Waals surface area contributed by atoms with Crippen LogP contribution < -0.4 is 22.5 Å². The lowest BCUT2D eigenvalue weighted by Crippen LogP contribution is -2.47. The van der Waals surface area contributed by atoms with Crippen LogP contribution in [0, 0.1) is 5.92 Å². The molecule has 0 bridgehead atoms. The zero-order valence-electron chi connectivity index (χ0n) is 14.3. The Bertz CT molecular complexity index is 1060. The first kappa shape index (κ1) is 16.1. The van der Waals surface area contributed by atoms with E-state index in [2.05, 4.69) is 4.98 Å². The standard InChI is InChI=1S/C17H22N4O4/c1-19-14(22)12-13(20(17(19)25)9-3-4-10-7-8-10)15(23)21(16(24)18-12)11-5-2-6-11/h10-11H,2-9H2,1H3,(H,18,24). The Labute approximate surface area is 142 Å². The summed E-state index contributed by atoms with van der Waals surface area (Å²) in [6, 6.07) is -0.139. The van der Waals surface area contributed by atoms with Crippen molar-refractivity contribution >= 4 is 11.0 Å². The van der Waals surface area contributed by atoms with Crippen LogP contribution in [0.3, 0.4) is 0 Å². The van der Waals surface area contributed by atoms with E-state index in [0.29, 0.717) is 6.54 Å². The number of aromatic amines is 1. The lowest BCUT2D eigenvalue weighted by Gasteiger charge is -2.26. The van der Waals surface area contributed by atoms with Gasteiger partial charge in [0.05, 0.1) is 0 Å². The SMILES string of the molecule is Cn1c(=O)c2[nH]c(=O)n(C3CCC3)c(=O)c2n(CCCC2CC2)c1=O. The number of nitrogens with one attached hydrogen (secondary N) is 1. The van der Waals surface area contributed by atoms with Gasteiger partial charge in [-0.15, -0.1) is 0 Å². The molecule has 2 aliphatic rings. The molecule has 0 aromatic carbocycles. The van der Waals surface area contributed by atoms with Gasteiger partial charge < -0.3 is 4.98 Å². The Hall–Kier alpha value is -2.38. The van der Waals surface area contributed by atoms with Crippen molar-refractivity contribution in [3.8, 4) is 0 Å². The summed E-state index contributed by atoms with van der Waals surface area (Å²) in [4.78, 5) is 52.8. The highest BCUT2D eigenvalue weighted by Crippen LogP contribution is 2.33. The van der Waals surface area contributed by atoms with Gasteiger partial charge in [0.1, 0.15) is 11.0 Å². The number of nitrogens with zero attached hydrogens (tertiary/aromatic N) is 3. The van der Waals surface area contributed by atoms with Gasteiger partial charge in [0, 0.05) is 19.6 Å². The fraction of sp³-hybridized carbons (Fsp3) is 0.647. The summed E-state index contributed by atoms with van der Waals surface area (Å²) in [7, 11) is 1.37. The van der Waals surface area contributed by atoms with Crippen molar-refractivity contribution in [3.05, 3.63) is 41.7 Å². The molecule has 8 heteroatoms. The molecule has 2 aromatic heterocycles. The molecule has 134 valence electrons. The highest BCUT2D eigenvalue weighted by atomic mass is 16.2. The van der Waals surface area contributed by atoms with Crippen molar-refractivity contribution in [3.63, 3.8) is 0 Å². The topological polar surface area (TPSA) is 98.9 Å². The predicted octanol–water partition coefficient (Wildman–Crippen LogP) is 0.465. The Morgan fingerprint density at radius 1 is 1.04 bits per heavy atom. The van der Waals surface area contributed by atoms with Gasteiger partial charge in [-0.05, 0) is 38.0 Å². The number of rotatable bonds is 5. The van der Waals surface area contributed by atoms with E-state index in [9.17, 15) is 19.2 Å². The van der Waals surface area contributed by atoms with Crippen LogP contribution in [0.5, 0.6) is 0 Å². The predicted molar refractivity (Wildman–Crippen MR) is 93.2 cm³/mol. The molecule has 2 aliphatic carbocycles. The second-order valence-electron chi connectivity index (χ2n) is 7.30. The van der Waals surface area contributed by atoms with Crippen LogP contribution >= 0.6 is 0 Å². The highest BCUT2D eigenvalue weighted by Gasteiger charge is 2.26. The van der Waals surface area contributed by atoms with Crippen LogP contribution in [0.2, 0.25) is 0 Å². The number of aryl methyl sites for hydroxylation is 1. The maximum atomic E-state index is 13.0. The lowest BCUT2D eigenvalue weighted by atomic mass is 9.93. The summed E-state index contributed by atoms with van der Waals surface area (Å²) in [5.74, 6) is 0.723. The third kappa shape index (κ3) is 2.60. The number of H-pyrrole nitrogens is 1. The minimum absolute atomic E-state index is 0.0374. The smallest absolute Gasteiger partial charge is 0.301 e. The van der Waals surface area contributed by atoms with E-state index in [1.807, 2.05) is 0 Å². The Balaban J connectivity index is 1.94. The molecule has 0 saturated heterocycles. The van der Waals surface area contributed by atoms with Crippen molar-refractivity contribution in [2.24, 2.45) is 13.0 Å². The monoisotopic (exact) mass is 346 g/mol. The molecule has 0 amide bonds. The zero-order chi connectivity index (χ0) is 17.7. The molecule has 8 nitrogen and oxygen atoms in total. The Kier molecular flexibility index (Phi) is 3.77. The average Bonchev–Trinajstić information content (AvgIpc) is 3.35. The van der Waals surface area contributed by atoms with Crippen molar-refractivity contribution in [1.29, 1.82) is 0 Å². The molecule has 2 heterocycles. The fourth-order valence-electron chi connectivity index (χ4n) is 3.60.